The fourth-order valence-corrected chi connectivity index (χ4v) is 2.82. The van der Waals surface area contributed by atoms with E-state index in [0.29, 0.717) is 0 Å². The van der Waals surface area contributed by atoms with Crippen molar-refractivity contribution in [3.8, 4) is 0 Å². The zero-order chi connectivity index (χ0) is 13.0. The molecule has 0 saturated heterocycles. The first-order chi connectivity index (χ1) is 8.66. The number of hydrogen-bond donors (Lipinski definition) is 1. The molecule has 96 valence electrons. The largest absolute Gasteiger partial charge is 0.479 e. The van der Waals surface area contributed by atoms with Gasteiger partial charge in [0.1, 0.15) is 0 Å². The summed E-state index contributed by atoms with van der Waals surface area (Å²) >= 11 is 1.81. The maximum absolute atomic E-state index is 10.2. The van der Waals surface area contributed by atoms with E-state index in [1.165, 1.54) is 16.8 Å². The molecule has 1 aliphatic rings. The van der Waals surface area contributed by atoms with Gasteiger partial charge in [0.15, 0.2) is 0 Å². The third kappa shape index (κ3) is 3.16. The van der Waals surface area contributed by atoms with Crippen LogP contribution in [0.4, 0.5) is 5.69 Å². The van der Waals surface area contributed by atoms with Gasteiger partial charge in [-0.3, -0.25) is 0 Å². The smallest absolute Gasteiger partial charge is 0.344 e. The third-order valence-electron chi connectivity index (χ3n) is 2.54. The molecule has 0 unspecified atom stereocenters. The molecule has 1 aliphatic heterocycles. The van der Waals surface area contributed by atoms with Gasteiger partial charge in [0.2, 0.25) is 6.61 Å². The number of carbonyl (C=O) groups is 1. The summed E-state index contributed by atoms with van der Waals surface area (Å²) in [7, 11) is 2.07. The Bertz CT molecular complexity index is 476. The molecule has 0 amide bonds. The average Bonchev–Trinajstić information content (AvgIpc) is 2.35. The molecule has 0 spiro atoms. The van der Waals surface area contributed by atoms with E-state index >= 15 is 0 Å². The Morgan fingerprint density at radius 2 is 2.50 bits per heavy atom. The minimum atomic E-state index is -1.03. The van der Waals surface area contributed by atoms with Crippen molar-refractivity contribution >= 4 is 29.6 Å². The van der Waals surface area contributed by atoms with Crippen LogP contribution in [0.3, 0.4) is 0 Å². The maximum atomic E-state index is 10.2. The van der Waals surface area contributed by atoms with Crippen molar-refractivity contribution < 1.29 is 14.7 Å². The lowest BCUT2D eigenvalue weighted by molar-refractivity contribution is -0.142. The summed E-state index contributed by atoms with van der Waals surface area (Å²) in [6, 6.07) is 6.01. The van der Waals surface area contributed by atoms with Gasteiger partial charge >= 0.3 is 5.97 Å². The minimum absolute atomic E-state index is 0.418. The number of rotatable bonds is 4. The van der Waals surface area contributed by atoms with Crippen LogP contribution in [0.15, 0.2) is 28.3 Å². The summed E-state index contributed by atoms with van der Waals surface area (Å²) < 4.78 is 0. The Balaban J connectivity index is 2.04. The first-order valence-corrected chi connectivity index (χ1v) is 6.50. The number of anilines is 1. The highest BCUT2D eigenvalue weighted by molar-refractivity contribution is 7.99. The van der Waals surface area contributed by atoms with E-state index in [9.17, 15) is 4.79 Å². The van der Waals surface area contributed by atoms with Gasteiger partial charge in [-0.25, -0.2) is 4.79 Å². The Labute approximate surface area is 109 Å². The van der Waals surface area contributed by atoms with E-state index < -0.39 is 12.6 Å². The SMILES string of the molecule is CN1CCSc2cc(C=NOCC(=O)O)ccc21. The molecule has 1 N–H and O–H groups in total. The predicted octanol–water partition coefficient (Wildman–Crippen LogP) is 1.66. The van der Waals surface area contributed by atoms with Gasteiger partial charge in [-0.1, -0.05) is 11.2 Å². The van der Waals surface area contributed by atoms with Crippen LogP contribution >= 0.6 is 11.8 Å². The standard InChI is InChI=1S/C12H14N2O3S/c1-14-4-5-18-11-6-9(2-3-10(11)14)7-13-17-8-12(15)16/h2-3,6-7H,4-5,8H2,1H3,(H,15,16). The lowest BCUT2D eigenvalue weighted by Gasteiger charge is -2.26. The van der Waals surface area contributed by atoms with Gasteiger partial charge in [-0.15, -0.1) is 11.8 Å². The van der Waals surface area contributed by atoms with Gasteiger partial charge in [-0.2, -0.15) is 0 Å². The van der Waals surface area contributed by atoms with E-state index in [-0.39, 0.29) is 0 Å². The lowest BCUT2D eigenvalue weighted by Crippen LogP contribution is -2.24. The number of carboxylic acid groups (broad SMARTS) is 1. The molecule has 1 aromatic rings. The predicted molar refractivity (Wildman–Crippen MR) is 71.6 cm³/mol. The molecule has 0 fully saturated rings. The molecule has 0 atom stereocenters. The molecule has 2 rings (SSSR count). The van der Waals surface area contributed by atoms with Crippen LogP contribution < -0.4 is 4.90 Å². The van der Waals surface area contributed by atoms with Crippen LogP contribution in [-0.2, 0) is 9.63 Å². The molecular formula is C12H14N2O3S. The molecule has 18 heavy (non-hydrogen) atoms. The number of benzene rings is 1. The van der Waals surface area contributed by atoms with Crippen molar-refractivity contribution in [3.05, 3.63) is 23.8 Å². The monoisotopic (exact) mass is 266 g/mol. The normalized spacial score (nSPS) is 14.6. The first kappa shape index (κ1) is 12.8. The quantitative estimate of drug-likeness (QED) is 0.663. The van der Waals surface area contributed by atoms with Crippen molar-refractivity contribution in [2.24, 2.45) is 5.16 Å². The number of fused-ring (bicyclic) bond motifs is 1. The summed E-state index contributed by atoms with van der Waals surface area (Å²) in [6.07, 6.45) is 1.53. The van der Waals surface area contributed by atoms with Crippen LogP contribution in [0.25, 0.3) is 0 Å². The zero-order valence-electron chi connectivity index (χ0n) is 10.00. The van der Waals surface area contributed by atoms with Crippen LogP contribution in [0.2, 0.25) is 0 Å². The number of carboxylic acids is 1. The molecule has 0 aromatic heterocycles. The van der Waals surface area contributed by atoms with Crippen LogP contribution in [-0.4, -0.2) is 43.2 Å². The lowest BCUT2D eigenvalue weighted by atomic mass is 10.2. The summed E-state index contributed by atoms with van der Waals surface area (Å²) in [5, 5.41) is 12.0. The highest BCUT2D eigenvalue weighted by Crippen LogP contribution is 2.34. The molecule has 1 heterocycles. The summed E-state index contributed by atoms with van der Waals surface area (Å²) in [4.78, 5) is 18.3. The number of oxime groups is 1. The van der Waals surface area contributed by atoms with Crippen molar-refractivity contribution in [3.63, 3.8) is 0 Å². The van der Waals surface area contributed by atoms with E-state index in [2.05, 4.69) is 21.9 Å². The first-order valence-electron chi connectivity index (χ1n) is 5.52. The molecule has 1 aromatic carbocycles. The van der Waals surface area contributed by atoms with Gasteiger partial charge in [0.25, 0.3) is 0 Å². The molecule has 0 saturated carbocycles. The van der Waals surface area contributed by atoms with E-state index in [1.807, 2.05) is 30.0 Å². The van der Waals surface area contributed by atoms with Gasteiger partial charge in [-0.05, 0) is 17.7 Å². The van der Waals surface area contributed by atoms with Gasteiger partial charge < -0.3 is 14.8 Å². The molecular weight excluding hydrogens is 252 g/mol. The number of thioether (sulfide) groups is 1. The Hall–Kier alpha value is -1.69. The van der Waals surface area contributed by atoms with Crippen molar-refractivity contribution in [2.45, 2.75) is 4.90 Å². The van der Waals surface area contributed by atoms with Crippen LogP contribution in [0.1, 0.15) is 5.56 Å². The second-order valence-corrected chi connectivity index (χ2v) is 5.04. The summed E-state index contributed by atoms with van der Waals surface area (Å²) in [5.74, 6) is 0.0364. The highest BCUT2D eigenvalue weighted by Gasteiger charge is 2.13. The Kier molecular flexibility index (Phi) is 4.09. The summed E-state index contributed by atoms with van der Waals surface area (Å²) in [5.41, 5.74) is 2.12. The summed E-state index contributed by atoms with van der Waals surface area (Å²) in [6.45, 7) is 0.631. The van der Waals surface area contributed by atoms with Crippen molar-refractivity contribution in [1.29, 1.82) is 0 Å². The molecule has 0 aliphatic carbocycles. The van der Waals surface area contributed by atoms with Crippen molar-refractivity contribution in [2.75, 3.05) is 30.9 Å². The minimum Gasteiger partial charge on any atom is -0.479 e. The maximum Gasteiger partial charge on any atom is 0.344 e. The molecule has 6 heteroatoms. The third-order valence-corrected chi connectivity index (χ3v) is 3.57. The van der Waals surface area contributed by atoms with Crippen molar-refractivity contribution in [1.82, 2.24) is 0 Å². The molecule has 0 bridgehead atoms. The Morgan fingerprint density at radius 1 is 1.67 bits per heavy atom. The number of aliphatic carboxylic acids is 1. The average molecular weight is 266 g/mol. The van der Waals surface area contributed by atoms with Gasteiger partial charge in [0, 0.05) is 24.2 Å². The second kappa shape index (κ2) is 5.77. The second-order valence-electron chi connectivity index (χ2n) is 3.90. The van der Waals surface area contributed by atoms with E-state index in [1.54, 1.807) is 0 Å². The molecule has 5 nitrogen and oxygen atoms in total. The number of hydrogen-bond acceptors (Lipinski definition) is 5. The van der Waals surface area contributed by atoms with Crippen LogP contribution in [0, 0.1) is 0 Å². The van der Waals surface area contributed by atoms with E-state index in [4.69, 9.17) is 5.11 Å². The zero-order valence-corrected chi connectivity index (χ0v) is 10.8. The van der Waals surface area contributed by atoms with Crippen LogP contribution in [0.5, 0.6) is 0 Å². The highest BCUT2D eigenvalue weighted by atomic mass is 32.2. The van der Waals surface area contributed by atoms with Gasteiger partial charge in [0.05, 0.1) is 11.9 Å². The fraction of sp³-hybridized carbons (Fsp3) is 0.333. The molecule has 0 radical (unpaired) electrons. The van der Waals surface area contributed by atoms with E-state index in [0.717, 1.165) is 17.9 Å². The topological polar surface area (TPSA) is 62.1 Å². The number of nitrogens with zero attached hydrogens (tertiary/aromatic N) is 2. The Morgan fingerprint density at radius 3 is 3.28 bits per heavy atom. The fourth-order valence-electron chi connectivity index (χ4n) is 1.65.